The van der Waals surface area contributed by atoms with Crippen LogP contribution in [0.15, 0.2) is 53.4 Å². The molecule has 0 heterocycles. The maximum Gasteiger partial charge on any atom is 0.313 e. The summed E-state index contributed by atoms with van der Waals surface area (Å²) in [5, 5.41) is 10.2. The number of carbonyl (C=O) groups is 2. The third-order valence-electron chi connectivity index (χ3n) is 3.80. The number of para-hydroxylation sites is 1. The van der Waals surface area contributed by atoms with E-state index in [0.29, 0.717) is 12.1 Å². The number of nitrogens with one attached hydrogen (secondary N) is 2. The monoisotopic (exact) mass is 375 g/mol. The molecule has 2 aromatic carbocycles. The van der Waals surface area contributed by atoms with E-state index in [4.69, 9.17) is 5.14 Å². The molecule has 4 N–H and O–H groups in total. The van der Waals surface area contributed by atoms with Crippen LogP contribution in [0.4, 0.5) is 5.69 Å². The van der Waals surface area contributed by atoms with Gasteiger partial charge in [0.1, 0.15) is 0 Å². The molecule has 0 radical (unpaired) electrons. The van der Waals surface area contributed by atoms with Gasteiger partial charge in [0.05, 0.1) is 4.90 Å². The number of aryl methyl sites for hydroxylation is 1. The van der Waals surface area contributed by atoms with Crippen LogP contribution in [0.2, 0.25) is 0 Å². The number of primary sulfonamides is 1. The van der Waals surface area contributed by atoms with E-state index in [1.165, 1.54) is 12.1 Å². The summed E-state index contributed by atoms with van der Waals surface area (Å²) >= 11 is 0. The highest BCUT2D eigenvalue weighted by atomic mass is 32.2. The number of benzene rings is 2. The zero-order chi connectivity index (χ0) is 19.2. The van der Waals surface area contributed by atoms with Crippen molar-refractivity contribution in [2.24, 2.45) is 5.14 Å². The highest BCUT2D eigenvalue weighted by Gasteiger charge is 2.14. The van der Waals surface area contributed by atoms with E-state index < -0.39 is 21.8 Å². The number of rotatable bonds is 6. The number of hydrogen-bond donors (Lipinski definition) is 3. The smallest absolute Gasteiger partial charge is 0.313 e. The molecule has 0 unspecified atom stereocenters. The molecule has 8 heteroatoms. The number of hydrogen-bond acceptors (Lipinski definition) is 4. The normalized spacial score (nSPS) is 11.0. The van der Waals surface area contributed by atoms with Crippen LogP contribution in [0, 0.1) is 0 Å². The van der Waals surface area contributed by atoms with Crippen molar-refractivity contribution in [1.82, 2.24) is 5.32 Å². The van der Waals surface area contributed by atoms with Gasteiger partial charge in [-0.2, -0.15) is 0 Å². The molecule has 0 aliphatic rings. The van der Waals surface area contributed by atoms with Crippen molar-refractivity contribution < 1.29 is 18.0 Å². The van der Waals surface area contributed by atoms with E-state index >= 15 is 0 Å². The second-order valence-electron chi connectivity index (χ2n) is 5.66. The third kappa shape index (κ3) is 5.40. The van der Waals surface area contributed by atoms with Gasteiger partial charge in [-0.05, 0) is 42.2 Å². The Labute approximate surface area is 152 Å². The van der Waals surface area contributed by atoms with Crippen molar-refractivity contribution in [1.29, 1.82) is 0 Å². The second-order valence-corrected chi connectivity index (χ2v) is 7.22. The molecule has 2 amide bonds. The van der Waals surface area contributed by atoms with Gasteiger partial charge in [-0.15, -0.1) is 0 Å². The molecule has 0 atom stereocenters. The molecule has 0 fully saturated rings. The van der Waals surface area contributed by atoms with Crippen LogP contribution in [0.25, 0.3) is 0 Å². The van der Waals surface area contributed by atoms with Gasteiger partial charge in [0.2, 0.25) is 10.0 Å². The Kier molecular flexibility index (Phi) is 6.48. The molecule has 138 valence electrons. The van der Waals surface area contributed by atoms with Crippen molar-refractivity contribution in [3.8, 4) is 0 Å². The Bertz CT molecular complexity index is 893. The predicted molar refractivity (Wildman–Crippen MR) is 99.0 cm³/mol. The molecule has 26 heavy (non-hydrogen) atoms. The fourth-order valence-electron chi connectivity index (χ4n) is 2.38. The summed E-state index contributed by atoms with van der Waals surface area (Å²) < 4.78 is 22.4. The molecule has 0 aliphatic heterocycles. The minimum absolute atomic E-state index is 0.0271. The first kappa shape index (κ1) is 19.6. The average Bonchev–Trinajstić information content (AvgIpc) is 2.61. The molecular weight excluding hydrogens is 354 g/mol. The van der Waals surface area contributed by atoms with Gasteiger partial charge in [0, 0.05) is 12.2 Å². The van der Waals surface area contributed by atoms with E-state index in [2.05, 4.69) is 10.6 Å². The molecule has 2 rings (SSSR count). The Balaban J connectivity index is 1.85. The van der Waals surface area contributed by atoms with Crippen molar-refractivity contribution in [2.45, 2.75) is 24.7 Å². The highest BCUT2D eigenvalue weighted by molar-refractivity contribution is 7.89. The van der Waals surface area contributed by atoms with E-state index in [0.717, 1.165) is 17.5 Å². The number of anilines is 1. The summed E-state index contributed by atoms with van der Waals surface area (Å²) in [7, 11) is -3.72. The minimum atomic E-state index is -3.72. The van der Waals surface area contributed by atoms with E-state index in [1.54, 1.807) is 24.3 Å². The lowest BCUT2D eigenvalue weighted by Crippen LogP contribution is -2.36. The SMILES string of the molecule is CCc1ccccc1NC(=O)C(=O)NCCc1ccc(S(N)(=O)=O)cc1. The third-order valence-corrected chi connectivity index (χ3v) is 4.73. The zero-order valence-corrected chi connectivity index (χ0v) is 15.2. The summed E-state index contributed by atoms with van der Waals surface area (Å²) in [4.78, 5) is 23.9. The summed E-state index contributed by atoms with van der Waals surface area (Å²) in [6.07, 6.45) is 1.20. The maximum atomic E-state index is 12.0. The Morgan fingerprint density at radius 2 is 1.65 bits per heavy atom. The quantitative estimate of drug-likeness (QED) is 0.657. The molecule has 0 aliphatic carbocycles. The summed E-state index contributed by atoms with van der Waals surface area (Å²) in [5.41, 5.74) is 2.38. The Morgan fingerprint density at radius 3 is 2.27 bits per heavy atom. The van der Waals surface area contributed by atoms with Gasteiger partial charge >= 0.3 is 11.8 Å². The average molecular weight is 375 g/mol. The first-order valence-corrected chi connectivity index (χ1v) is 9.64. The van der Waals surface area contributed by atoms with E-state index in [9.17, 15) is 18.0 Å². The summed E-state index contributed by atoms with van der Waals surface area (Å²) in [6, 6.07) is 13.3. The maximum absolute atomic E-state index is 12.0. The summed E-state index contributed by atoms with van der Waals surface area (Å²) in [6.45, 7) is 2.21. The van der Waals surface area contributed by atoms with Crippen LogP contribution in [0.1, 0.15) is 18.1 Å². The Morgan fingerprint density at radius 1 is 1.00 bits per heavy atom. The molecule has 0 aromatic heterocycles. The second kappa shape index (κ2) is 8.59. The Hall–Kier alpha value is -2.71. The fraction of sp³-hybridized carbons (Fsp3) is 0.222. The van der Waals surface area contributed by atoms with Gasteiger partial charge < -0.3 is 10.6 Å². The van der Waals surface area contributed by atoms with Crippen molar-refractivity contribution >= 4 is 27.5 Å². The number of nitrogens with two attached hydrogens (primary N) is 1. The first-order valence-electron chi connectivity index (χ1n) is 8.10. The van der Waals surface area contributed by atoms with E-state index in [1.807, 2.05) is 19.1 Å². The van der Waals surface area contributed by atoms with Crippen LogP contribution in [0.3, 0.4) is 0 Å². The van der Waals surface area contributed by atoms with Crippen molar-refractivity contribution in [3.63, 3.8) is 0 Å². The lowest BCUT2D eigenvalue weighted by Gasteiger charge is -2.10. The zero-order valence-electron chi connectivity index (χ0n) is 14.4. The van der Waals surface area contributed by atoms with Crippen LogP contribution in [-0.4, -0.2) is 26.8 Å². The van der Waals surface area contributed by atoms with Gasteiger partial charge in [-0.1, -0.05) is 37.3 Å². The molecule has 0 saturated carbocycles. The summed E-state index contributed by atoms with van der Waals surface area (Å²) in [5.74, 6) is -1.45. The van der Waals surface area contributed by atoms with Crippen LogP contribution < -0.4 is 15.8 Å². The van der Waals surface area contributed by atoms with Gasteiger partial charge in [0.25, 0.3) is 0 Å². The molecule has 0 spiro atoms. The van der Waals surface area contributed by atoms with Gasteiger partial charge in [0.15, 0.2) is 0 Å². The number of sulfonamides is 1. The van der Waals surface area contributed by atoms with Crippen molar-refractivity contribution in [3.05, 3.63) is 59.7 Å². The highest BCUT2D eigenvalue weighted by Crippen LogP contribution is 2.15. The number of carbonyl (C=O) groups excluding carboxylic acids is 2. The molecule has 2 aromatic rings. The van der Waals surface area contributed by atoms with E-state index in [-0.39, 0.29) is 11.4 Å². The standard InChI is InChI=1S/C18H21N3O4S/c1-2-14-5-3-4-6-16(14)21-18(23)17(22)20-12-11-13-7-9-15(10-8-13)26(19,24)25/h3-10H,2,11-12H2,1H3,(H,20,22)(H,21,23)(H2,19,24,25). The molecular formula is C18H21N3O4S. The predicted octanol–water partition coefficient (Wildman–Crippen LogP) is 1.19. The molecule has 0 bridgehead atoms. The topological polar surface area (TPSA) is 118 Å². The molecule has 7 nitrogen and oxygen atoms in total. The van der Waals surface area contributed by atoms with Crippen LogP contribution >= 0.6 is 0 Å². The largest absolute Gasteiger partial charge is 0.347 e. The molecule has 0 saturated heterocycles. The van der Waals surface area contributed by atoms with Crippen molar-refractivity contribution in [2.75, 3.05) is 11.9 Å². The lowest BCUT2D eigenvalue weighted by molar-refractivity contribution is -0.136. The fourth-order valence-corrected chi connectivity index (χ4v) is 2.89. The van der Waals surface area contributed by atoms with Crippen LogP contribution in [-0.2, 0) is 32.5 Å². The van der Waals surface area contributed by atoms with Gasteiger partial charge in [-0.25, -0.2) is 13.6 Å². The lowest BCUT2D eigenvalue weighted by atomic mass is 10.1. The first-order chi connectivity index (χ1) is 12.3. The minimum Gasteiger partial charge on any atom is -0.347 e. The number of amides is 2. The van der Waals surface area contributed by atoms with Gasteiger partial charge in [-0.3, -0.25) is 9.59 Å². The van der Waals surface area contributed by atoms with Crippen LogP contribution in [0.5, 0.6) is 0 Å².